The molecule has 0 saturated heterocycles. The Labute approximate surface area is 121 Å². The van der Waals surface area contributed by atoms with E-state index in [2.05, 4.69) is 5.32 Å². The predicted molar refractivity (Wildman–Crippen MR) is 77.6 cm³/mol. The fourth-order valence-corrected chi connectivity index (χ4v) is 1.92. The molecule has 0 amide bonds. The first-order valence-corrected chi connectivity index (χ1v) is 6.24. The molecule has 3 N–H and O–H groups in total. The lowest BCUT2D eigenvalue weighted by Crippen LogP contribution is -2.06. The maximum Gasteiger partial charge on any atom is 0.151 e. The van der Waals surface area contributed by atoms with Crippen LogP contribution >= 0.6 is 0 Å². The van der Waals surface area contributed by atoms with E-state index in [4.69, 9.17) is 15.2 Å². The van der Waals surface area contributed by atoms with Gasteiger partial charge in [0.2, 0.25) is 0 Å². The van der Waals surface area contributed by atoms with Crippen LogP contribution in [0.4, 0.5) is 20.2 Å². The lowest BCUT2D eigenvalue weighted by Gasteiger charge is -2.13. The highest BCUT2D eigenvalue weighted by Crippen LogP contribution is 2.27. The van der Waals surface area contributed by atoms with Gasteiger partial charge in [-0.25, -0.2) is 8.78 Å². The normalized spacial score (nSPS) is 10.3. The average molecular weight is 294 g/mol. The fourth-order valence-electron chi connectivity index (χ4n) is 1.92. The molecule has 0 atom stereocenters. The number of nitrogen functional groups attached to an aromatic ring is 1. The number of anilines is 2. The van der Waals surface area contributed by atoms with E-state index in [-0.39, 0.29) is 11.4 Å². The first kappa shape index (κ1) is 14.9. The van der Waals surface area contributed by atoms with E-state index in [0.29, 0.717) is 18.0 Å². The summed E-state index contributed by atoms with van der Waals surface area (Å²) in [6.45, 7) is 0.306. The van der Waals surface area contributed by atoms with Gasteiger partial charge in [0.05, 0.1) is 25.6 Å². The lowest BCUT2D eigenvalue weighted by molar-refractivity contribution is 0.391. The molecule has 2 rings (SSSR count). The van der Waals surface area contributed by atoms with Crippen molar-refractivity contribution in [2.24, 2.45) is 0 Å². The average Bonchev–Trinajstić information content (AvgIpc) is 2.49. The number of ether oxygens (including phenoxy) is 2. The van der Waals surface area contributed by atoms with Crippen molar-refractivity contribution < 1.29 is 18.3 Å². The minimum absolute atomic E-state index is 0.121. The third-order valence-corrected chi connectivity index (χ3v) is 3.06. The quantitative estimate of drug-likeness (QED) is 0.832. The fraction of sp³-hybridized carbons (Fsp3) is 0.200. The van der Waals surface area contributed by atoms with Crippen molar-refractivity contribution in [2.45, 2.75) is 6.54 Å². The summed E-state index contributed by atoms with van der Waals surface area (Å²) in [5, 5.41) is 2.90. The number of benzene rings is 2. The lowest BCUT2D eigenvalue weighted by atomic mass is 10.1. The van der Waals surface area contributed by atoms with Crippen LogP contribution in [0, 0.1) is 11.6 Å². The van der Waals surface area contributed by atoms with Gasteiger partial charge in [0.25, 0.3) is 0 Å². The standard InChI is InChI=1S/C15H16F2N2O2/c1-20-11-4-3-9(14(7-11)21-2)8-19-13-6-10(16)5-12(17)15(13)18/h3-7,19H,8,18H2,1-2H3. The Morgan fingerprint density at radius 3 is 2.52 bits per heavy atom. The molecule has 0 aliphatic carbocycles. The van der Waals surface area contributed by atoms with Crippen LogP contribution in [-0.4, -0.2) is 14.2 Å². The maximum absolute atomic E-state index is 13.4. The van der Waals surface area contributed by atoms with Crippen molar-refractivity contribution in [3.05, 3.63) is 47.5 Å². The molecule has 21 heavy (non-hydrogen) atoms. The van der Waals surface area contributed by atoms with E-state index in [1.165, 1.54) is 7.11 Å². The molecule has 0 aliphatic heterocycles. The van der Waals surface area contributed by atoms with E-state index in [0.717, 1.165) is 17.7 Å². The maximum atomic E-state index is 13.4. The summed E-state index contributed by atoms with van der Waals surface area (Å²) < 4.78 is 36.9. The van der Waals surface area contributed by atoms with Gasteiger partial charge in [-0.15, -0.1) is 0 Å². The van der Waals surface area contributed by atoms with Crippen molar-refractivity contribution in [1.29, 1.82) is 0 Å². The van der Waals surface area contributed by atoms with Gasteiger partial charge in [-0.1, -0.05) is 0 Å². The molecular weight excluding hydrogens is 278 g/mol. The van der Waals surface area contributed by atoms with Crippen LogP contribution in [0.5, 0.6) is 11.5 Å². The zero-order chi connectivity index (χ0) is 15.4. The highest BCUT2D eigenvalue weighted by atomic mass is 19.1. The molecule has 2 aromatic rings. The van der Waals surface area contributed by atoms with Gasteiger partial charge in [0.1, 0.15) is 17.3 Å². The number of methoxy groups -OCH3 is 2. The zero-order valence-electron chi connectivity index (χ0n) is 11.7. The molecule has 0 heterocycles. The summed E-state index contributed by atoms with van der Waals surface area (Å²) in [6, 6.07) is 7.20. The molecule has 0 fully saturated rings. The van der Waals surface area contributed by atoms with E-state index in [9.17, 15) is 8.78 Å². The highest BCUT2D eigenvalue weighted by molar-refractivity contribution is 5.67. The Balaban J connectivity index is 2.20. The molecule has 0 aromatic heterocycles. The molecular formula is C15H16F2N2O2. The monoisotopic (exact) mass is 294 g/mol. The Kier molecular flexibility index (Phi) is 4.47. The van der Waals surface area contributed by atoms with Gasteiger partial charge < -0.3 is 20.5 Å². The van der Waals surface area contributed by atoms with Gasteiger partial charge >= 0.3 is 0 Å². The molecule has 0 saturated carbocycles. The molecule has 0 spiro atoms. The summed E-state index contributed by atoms with van der Waals surface area (Å²) in [4.78, 5) is 0. The predicted octanol–water partition coefficient (Wildman–Crippen LogP) is 3.18. The molecule has 0 radical (unpaired) electrons. The first-order chi connectivity index (χ1) is 10.0. The minimum atomic E-state index is -0.792. The van der Waals surface area contributed by atoms with Crippen LogP contribution in [-0.2, 0) is 6.54 Å². The third kappa shape index (κ3) is 3.34. The summed E-state index contributed by atoms with van der Waals surface area (Å²) in [5.41, 5.74) is 6.46. The van der Waals surface area contributed by atoms with Gasteiger partial charge in [-0.3, -0.25) is 0 Å². The van der Waals surface area contributed by atoms with Crippen molar-refractivity contribution in [3.8, 4) is 11.5 Å². The molecule has 4 nitrogen and oxygen atoms in total. The van der Waals surface area contributed by atoms with Gasteiger partial charge in [-0.2, -0.15) is 0 Å². The molecule has 2 aromatic carbocycles. The molecule has 0 unspecified atom stereocenters. The highest BCUT2D eigenvalue weighted by Gasteiger charge is 2.10. The summed E-state index contributed by atoms with van der Waals surface area (Å²) in [7, 11) is 3.09. The summed E-state index contributed by atoms with van der Waals surface area (Å²) in [5.74, 6) is -0.214. The van der Waals surface area contributed by atoms with Crippen LogP contribution in [0.25, 0.3) is 0 Å². The van der Waals surface area contributed by atoms with E-state index >= 15 is 0 Å². The first-order valence-electron chi connectivity index (χ1n) is 6.24. The van der Waals surface area contributed by atoms with Crippen molar-refractivity contribution in [1.82, 2.24) is 0 Å². The van der Waals surface area contributed by atoms with Crippen LogP contribution in [0.15, 0.2) is 30.3 Å². The number of nitrogens with one attached hydrogen (secondary N) is 1. The topological polar surface area (TPSA) is 56.5 Å². The second kappa shape index (κ2) is 6.30. The smallest absolute Gasteiger partial charge is 0.151 e. The van der Waals surface area contributed by atoms with Crippen LogP contribution in [0.2, 0.25) is 0 Å². The van der Waals surface area contributed by atoms with Crippen LogP contribution in [0.3, 0.4) is 0 Å². The second-order valence-electron chi connectivity index (χ2n) is 4.38. The van der Waals surface area contributed by atoms with Crippen molar-refractivity contribution in [2.75, 3.05) is 25.3 Å². The molecule has 0 bridgehead atoms. The third-order valence-electron chi connectivity index (χ3n) is 3.06. The minimum Gasteiger partial charge on any atom is -0.497 e. The Bertz CT molecular complexity index is 648. The summed E-state index contributed by atoms with van der Waals surface area (Å²) in [6.07, 6.45) is 0. The molecule has 0 aliphatic rings. The largest absolute Gasteiger partial charge is 0.497 e. The van der Waals surface area contributed by atoms with E-state index in [1.807, 2.05) is 0 Å². The number of rotatable bonds is 5. The summed E-state index contributed by atoms with van der Waals surface area (Å²) >= 11 is 0. The van der Waals surface area contributed by atoms with Crippen molar-refractivity contribution >= 4 is 11.4 Å². The Hall–Kier alpha value is -2.50. The Morgan fingerprint density at radius 2 is 1.86 bits per heavy atom. The van der Waals surface area contributed by atoms with E-state index < -0.39 is 11.6 Å². The van der Waals surface area contributed by atoms with Gasteiger partial charge in [-0.05, 0) is 18.2 Å². The van der Waals surface area contributed by atoms with Gasteiger partial charge in [0.15, 0.2) is 5.82 Å². The SMILES string of the molecule is COc1ccc(CNc2cc(F)cc(F)c2N)c(OC)c1. The van der Waals surface area contributed by atoms with Gasteiger partial charge in [0, 0.05) is 24.2 Å². The number of halogens is 2. The Morgan fingerprint density at radius 1 is 1.10 bits per heavy atom. The second-order valence-corrected chi connectivity index (χ2v) is 4.38. The van der Waals surface area contributed by atoms with Crippen LogP contribution in [0.1, 0.15) is 5.56 Å². The zero-order valence-corrected chi connectivity index (χ0v) is 11.7. The molecule has 112 valence electrons. The van der Waals surface area contributed by atoms with Crippen LogP contribution < -0.4 is 20.5 Å². The van der Waals surface area contributed by atoms with E-state index in [1.54, 1.807) is 25.3 Å². The van der Waals surface area contributed by atoms with Crippen molar-refractivity contribution in [3.63, 3.8) is 0 Å². The molecule has 6 heteroatoms. The number of nitrogens with two attached hydrogens (primary N) is 1. The number of hydrogen-bond donors (Lipinski definition) is 2. The number of hydrogen-bond acceptors (Lipinski definition) is 4.